The van der Waals surface area contributed by atoms with Crippen molar-refractivity contribution in [1.29, 1.82) is 5.26 Å². The number of nitrogens with zero attached hydrogens (tertiary/aromatic N) is 3. The Hall–Kier alpha value is -3.17. The number of carbonyl (C=O) groups is 2. The standard InChI is InChI=1S/C24H25N3O3/c1-26(2)23(29)18-9-5-16(6-10-18)15-3-7-17(8-4-15)22-20(13-25)27(21(22)14-28)24(30)19-11-12-19/h3-10,19-22,28H,11-12,14H2,1-2H3/t20-,21+,22-/m0/s1. The van der Waals surface area contributed by atoms with Crippen molar-refractivity contribution in [3.8, 4) is 17.2 Å². The van der Waals surface area contributed by atoms with Crippen LogP contribution in [0.4, 0.5) is 0 Å². The van der Waals surface area contributed by atoms with Gasteiger partial charge in [0, 0.05) is 31.5 Å². The maximum atomic E-state index is 12.5. The van der Waals surface area contributed by atoms with Crippen LogP contribution in [0.5, 0.6) is 0 Å². The SMILES string of the molecule is CN(C)C(=O)c1ccc(-c2ccc([C@@H]3[C@@H](CO)N(C(=O)C4CC4)[C@H]3C#N)cc2)cc1. The van der Waals surface area contributed by atoms with Gasteiger partial charge < -0.3 is 14.9 Å². The van der Waals surface area contributed by atoms with Crippen molar-refractivity contribution in [2.24, 2.45) is 5.92 Å². The first kappa shape index (κ1) is 20.1. The summed E-state index contributed by atoms with van der Waals surface area (Å²) in [6.45, 7) is -0.148. The minimum absolute atomic E-state index is 0.000770. The van der Waals surface area contributed by atoms with Gasteiger partial charge >= 0.3 is 0 Å². The van der Waals surface area contributed by atoms with Crippen LogP contribution in [0.1, 0.15) is 34.7 Å². The zero-order valence-corrected chi connectivity index (χ0v) is 17.2. The Kier molecular flexibility index (Phi) is 5.31. The number of carbonyl (C=O) groups excluding carboxylic acids is 2. The van der Waals surface area contributed by atoms with Gasteiger partial charge in [-0.25, -0.2) is 0 Å². The maximum Gasteiger partial charge on any atom is 0.253 e. The Morgan fingerprint density at radius 1 is 1.07 bits per heavy atom. The van der Waals surface area contributed by atoms with Crippen LogP contribution in [0.15, 0.2) is 48.5 Å². The minimum atomic E-state index is -0.530. The predicted octanol–water partition coefficient (Wildman–Crippen LogP) is 2.64. The van der Waals surface area contributed by atoms with E-state index in [1.165, 1.54) is 0 Å². The molecule has 2 aliphatic rings. The Labute approximate surface area is 176 Å². The van der Waals surface area contributed by atoms with Crippen LogP contribution in [0.3, 0.4) is 0 Å². The van der Waals surface area contributed by atoms with Crippen molar-refractivity contribution in [2.45, 2.75) is 30.8 Å². The molecule has 1 aliphatic heterocycles. The normalized spacial score (nSPS) is 22.7. The topological polar surface area (TPSA) is 84.6 Å². The van der Waals surface area contributed by atoms with Gasteiger partial charge in [-0.2, -0.15) is 5.26 Å². The van der Waals surface area contributed by atoms with Crippen molar-refractivity contribution >= 4 is 11.8 Å². The molecule has 4 rings (SSSR count). The molecule has 1 saturated heterocycles. The van der Waals surface area contributed by atoms with E-state index in [0.717, 1.165) is 29.5 Å². The molecule has 0 radical (unpaired) electrons. The van der Waals surface area contributed by atoms with Crippen LogP contribution in [0, 0.1) is 17.2 Å². The summed E-state index contributed by atoms with van der Waals surface area (Å²) in [5.74, 6) is -0.192. The van der Waals surface area contributed by atoms with E-state index in [1.54, 1.807) is 23.9 Å². The molecule has 30 heavy (non-hydrogen) atoms. The molecule has 1 saturated carbocycles. The summed E-state index contributed by atoms with van der Waals surface area (Å²) in [6.07, 6.45) is 1.76. The smallest absolute Gasteiger partial charge is 0.253 e. The average Bonchev–Trinajstić information content (AvgIpc) is 3.59. The van der Waals surface area contributed by atoms with Crippen LogP contribution in [-0.2, 0) is 4.79 Å². The summed E-state index contributed by atoms with van der Waals surface area (Å²) >= 11 is 0. The lowest BCUT2D eigenvalue weighted by atomic mass is 9.75. The van der Waals surface area contributed by atoms with Crippen LogP contribution >= 0.6 is 0 Å². The molecule has 1 N–H and O–H groups in total. The molecule has 0 unspecified atom stereocenters. The molecule has 3 atom stereocenters. The van der Waals surface area contributed by atoms with Gasteiger partial charge in [0.15, 0.2) is 0 Å². The van der Waals surface area contributed by atoms with Gasteiger partial charge in [0.25, 0.3) is 5.91 Å². The third-order valence-electron chi connectivity index (χ3n) is 6.08. The molecule has 2 amide bonds. The third kappa shape index (κ3) is 3.46. The second-order valence-corrected chi connectivity index (χ2v) is 8.27. The number of aliphatic hydroxyl groups is 1. The first-order valence-corrected chi connectivity index (χ1v) is 10.2. The Balaban J connectivity index is 1.52. The summed E-state index contributed by atoms with van der Waals surface area (Å²) in [4.78, 5) is 27.7. The van der Waals surface area contributed by atoms with Crippen molar-refractivity contribution in [1.82, 2.24) is 9.80 Å². The van der Waals surface area contributed by atoms with Crippen LogP contribution in [-0.4, -0.2) is 59.5 Å². The molecule has 2 aromatic carbocycles. The Morgan fingerprint density at radius 3 is 2.10 bits per heavy atom. The number of hydrogen-bond donors (Lipinski definition) is 1. The maximum absolute atomic E-state index is 12.5. The molecule has 0 spiro atoms. The molecular weight excluding hydrogens is 378 g/mol. The fourth-order valence-corrected chi connectivity index (χ4v) is 4.21. The molecule has 154 valence electrons. The van der Waals surface area contributed by atoms with Gasteiger partial charge in [-0.1, -0.05) is 36.4 Å². The number of amides is 2. The summed E-state index contributed by atoms with van der Waals surface area (Å²) in [5, 5.41) is 19.5. The summed E-state index contributed by atoms with van der Waals surface area (Å²) in [5.41, 5.74) is 3.58. The highest BCUT2D eigenvalue weighted by Gasteiger charge is 2.53. The number of benzene rings is 2. The average molecular weight is 403 g/mol. The fourth-order valence-electron chi connectivity index (χ4n) is 4.21. The van der Waals surface area contributed by atoms with E-state index in [1.807, 2.05) is 48.5 Å². The van der Waals surface area contributed by atoms with Gasteiger partial charge in [0.05, 0.1) is 18.7 Å². The molecule has 2 aromatic rings. The van der Waals surface area contributed by atoms with E-state index >= 15 is 0 Å². The first-order valence-electron chi connectivity index (χ1n) is 10.2. The molecular formula is C24H25N3O3. The van der Waals surface area contributed by atoms with Gasteiger partial charge in [-0.3, -0.25) is 9.59 Å². The molecule has 2 fully saturated rings. The lowest BCUT2D eigenvalue weighted by molar-refractivity contribution is -0.148. The van der Waals surface area contributed by atoms with Crippen molar-refractivity contribution in [3.05, 3.63) is 59.7 Å². The first-order chi connectivity index (χ1) is 14.5. The van der Waals surface area contributed by atoms with E-state index in [0.29, 0.717) is 5.56 Å². The number of hydrogen-bond acceptors (Lipinski definition) is 4. The highest BCUT2D eigenvalue weighted by Crippen LogP contribution is 2.44. The van der Waals surface area contributed by atoms with E-state index < -0.39 is 6.04 Å². The number of rotatable bonds is 5. The van der Waals surface area contributed by atoms with Gasteiger partial charge in [0.1, 0.15) is 6.04 Å². The number of aliphatic hydroxyl groups excluding tert-OH is 1. The molecule has 6 heteroatoms. The van der Waals surface area contributed by atoms with E-state index in [2.05, 4.69) is 6.07 Å². The molecule has 1 aliphatic carbocycles. The van der Waals surface area contributed by atoms with Crippen LogP contribution in [0.25, 0.3) is 11.1 Å². The number of nitriles is 1. The van der Waals surface area contributed by atoms with Crippen molar-refractivity contribution in [3.63, 3.8) is 0 Å². The third-order valence-corrected chi connectivity index (χ3v) is 6.08. The highest BCUT2D eigenvalue weighted by atomic mass is 16.3. The summed E-state index contributed by atoms with van der Waals surface area (Å²) in [6, 6.07) is 16.7. The molecule has 0 bridgehead atoms. The van der Waals surface area contributed by atoms with E-state index in [4.69, 9.17) is 0 Å². The van der Waals surface area contributed by atoms with Gasteiger partial charge in [-0.05, 0) is 41.7 Å². The van der Waals surface area contributed by atoms with E-state index in [-0.39, 0.29) is 36.3 Å². The number of likely N-dealkylation sites (tertiary alicyclic amines) is 1. The Morgan fingerprint density at radius 2 is 1.63 bits per heavy atom. The second-order valence-electron chi connectivity index (χ2n) is 8.27. The lowest BCUT2D eigenvalue weighted by Crippen LogP contribution is -2.65. The molecule has 1 heterocycles. The van der Waals surface area contributed by atoms with Gasteiger partial charge in [-0.15, -0.1) is 0 Å². The molecule has 6 nitrogen and oxygen atoms in total. The zero-order chi connectivity index (χ0) is 21.4. The van der Waals surface area contributed by atoms with E-state index in [9.17, 15) is 20.0 Å². The van der Waals surface area contributed by atoms with Gasteiger partial charge in [0.2, 0.25) is 5.91 Å². The van der Waals surface area contributed by atoms with Crippen LogP contribution < -0.4 is 0 Å². The monoisotopic (exact) mass is 403 g/mol. The highest BCUT2D eigenvalue weighted by molar-refractivity contribution is 5.94. The summed E-state index contributed by atoms with van der Waals surface area (Å²) < 4.78 is 0. The minimum Gasteiger partial charge on any atom is -0.394 e. The predicted molar refractivity (Wildman–Crippen MR) is 112 cm³/mol. The summed E-state index contributed by atoms with van der Waals surface area (Å²) in [7, 11) is 3.45. The fraction of sp³-hybridized carbons (Fsp3) is 0.375. The lowest BCUT2D eigenvalue weighted by Gasteiger charge is -2.51. The van der Waals surface area contributed by atoms with Crippen molar-refractivity contribution < 1.29 is 14.7 Å². The largest absolute Gasteiger partial charge is 0.394 e. The zero-order valence-electron chi connectivity index (χ0n) is 17.2. The Bertz CT molecular complexity index is 988. The van der Waals surface area contributed by atoms with Crippen molar-refractivity contribution in [2.75, 3.05) is 20.7 Å². The quantitative estimate of drug-likeness (QED) is 0.832. The molecule has 0 aromatic heterocycles. The van der Waals surface area contributed by atoms with Crippen LogP contribution in [0.2, 0.25) is 0 Å². The second kappa shape index (κ2) is 7.92.